The molecule has 0 aliphatic rings. The van der Waals surface area contributed by atoms with E-state index in [0.29, 0.717) is 18.0 Å². The molecule has 0 radical (unpaired) electrons. The normalized spacial score (nSPS) is 11.2. The van der Waals surface area contributed by atoms with Crippen molar-refractivity contribution in [3.63, 3.8) is 0 Å². The molecule has 0 bridgehead atoms. The molecule has 3 rings (SSSR count). The topological polar surface area (TPSA) is 66.5 Å². The van der Waals surface area contributed by atoms with Crippen LogP contribution in [0.4, 0.5) is 10.1 Å². The lowest BCUT2D eigenvalue weighted by atomic mass is 10.1. The van der Waals surface area contributed by atoms with Crippen molar-refractivity contribution < 1.29 is 17.6 Å². The molecule has 5 nitrogen and oxygen atoms in total. The molecule has 3 aromatic rings. The number of rotatable bonds is 10. The van der Waals surface area contributed by atoms with Crippen molar-refractivity contribution in [1.29, 1.82) is 0 Å². The summed E-state index contributed by atoms with van der Waals surface area (Å²) in [6.45, 7) is -0.0854. The lowest BCUT2D eigenvalue weighted by Crippen LogP contribution is -2.41. The number of carbonyl (C=O) groups is 1. The predicted octanol–water partition coefficient (Wildman–Crippen LogP) is 5.15. The molecule has 0 spiro atoms. The number of benzene rings is 3. The zero-order valence-electron chi connectivity index (χ0n) is 18.0. The van der Waals surface area contributed by atoms with Crippen molar-refractivity contribution >= 4 is 45.0 Å². The number of carbonyl (C=O) groups excluding carboxylic acids is 1. The minimum Gasteiger partial charge on any atom is -0.355 e. The third-order valence-electron chi connectivity index (χ3n) is 4.91. The average Bonchev–Trinajstić information content (AvgIpc) is 2.81. The Hall–Kier alpha value is -2.55. The van der Waals surface area contributed by atoms with Gasteiger partial charge in [0.1, 0.15) is 12.4 Å². The highest BCUT2D eigenvalue weighted by Crippen LogP contribution is 2.26. The van der Waals surface area contributed by atoms with Crippen LogP contribution >= 0.6 is 23.4 Å². The molecule has 0 aliphatic heterocycles. The van der Waals surface area contributed by atoms with Crippen molar-refractivity contribution in [1.82, 2.24) is 5.32 Å². The van der Waals surface area contributed by atoms with Gasteiger partial charge in [-0.15, -0.1) is 11.8 Å². The smallest absolute Gasteiger partial charge is 0.264 e. The highest BCUT2D eigenvalue weighted by atomic mass is 35.5. The van der Waals surface area contributed by atoms with E-state index < -0.39 is 28.3 Å². The SMILES string of the molecule is CSc1ccc(S(=O)(=O)N(CC(=O)NCCCc2ccc(Cl)cc2)c2cccc(F)c2)cc1. The van der Waals surface area contributed by atoms with Gasteiger partial charge in [0, 0.05) is 16.5 Å². The maximum absolute atomic E-state index is 13.9. The molecule has 33 heavy (non-hydrogen) atoms. The molecule has 1 amide bonds. The number of halogens is 2. The second-order valence-corrected chi connectivity index (χ2v) is 10.4. The summed E-state index contributed by atoms with van der Waals surface area (Å²) < 4.78 is 41.4. The van der Waals surface area contributed by atoms with E-state index >= 15 is 0 Å². The Balaban J connectivity index is 1.71. The third kappa shape index (κ3) is 6.96. The van der Waals surface area contributed by atoms with Crippen molar-refractivity contribution in [2.75, 3.05) is 23.7 Å². The first-order valence-electron chi connectivity index (χ1n) is 10.2. The summed E-state index contributed by atoms with van der Waals surface area (Å²) in [4.78, 5) is 13.5. The van der Waals surface area contributed by atoms with Gasteiger partial charge in [0.05, 0.1) is 10.6 Å². The fourth-order valence-electron chi connectivity index (χ4n) is 3.18. The summed E-state index contributed by atoms with van der Waals surface area (Å²) in [5.74, 6) is -1.06. The van der Waals surface area contributed by atoms with E-state index in [2.05, 4.69) is 5.32 Å². The van der Waals surface area contributed by atoms with Gasteiger partial charge in [0.2, 0.25) is 5.91 Å². The summed E-state index contributed by atoms with van der Waals surface area (Å²) in [5.41, 5.74) is 1.17. The van der Waals surface area contributed by atoms with Crippen LogP contribution in [-0.2, 0) is 21.2 Å². The minimum atomic E-state index is -4.08. The zero-order chi connectivity index (χ0) is 23.8. The lowest BCUT2D eigenvalue weighted by Gasteiger charge is -2.24. The van der Waals surface area contributed by atoms with Crippen LogP contribution in [0.1, 0.15) is 12.0 Å². The van der Waals surface area contributed by atoms with Crippen LogP contribution in [0.5, 0.6) is 0 Å². The van der Waals surface area contributed by atoms with E-state index in [1.54, 1.807) is 12.1 Å². The number of nitrogens with one attached hydrogen (secondary N) is 1. The zero-order valence-corrected chi connectivity index (χ0v) is 20.4. The van der Waals surface area contributed by atoms with E-state index in [9.17, 15) is 17.6 Å². The lowest BCUT2D eigenvalue weighted by molar-refractivity contribution is -0.119. The minimum absolute atomic E-state index is 0.0279. The molecular formula is C24H24ClFN2O3S2. The van der Waals surface area contributed by atoms with Crippen LogP contribution in [0.3, 0.4) is 0 Å². The molecule has 0 heterocycles. The molecule has 3 aromatic carbocycles. The predicted molar refractivity (Wildman–Crippen MR) is 132 cm³/mol. The van der Waals surface area contributed by atoms with Crippen molar-refractivity contribution in [3.05, 3.63) is 89.2 Å². The van der Waals surface area contributed by atoms with Gasteiger partial charge in [0.15, 0.2) is 0 Å². The molecule has 0 unspecified atom stereocenters. The Morgan fingerprint density at radius 3 is 2.39 bits per heavy atom. The highest BCUT2D eigenvalue weighted by Gasteiger charge is 2.27. The number of nitrogens with zero attached hydrogens (tertiary/aromatic N) is 1. The van der Waals surface area contributed by atoms with Crippen molar-refractivity contribution in [2.45, 2.75) is 22.6 Å². The fraction of sp³-hybridized carbons (Fsp3) is 0.208. The summed E-state index contributed by atoms with van der Waals surface area (Å²) in [6, 6.07) is 19.0. The largest absolute Gasteiger partial charge is 0.355 e. The fourth-order valence-corrected chi connectivity index (χ4v) is 5.13. The molecule has 0 atom stereocenters. The Bertz CT molecular complexity index is 1190. The summed E-state index contributed by atoms with van der Waals surface area (Å²) in [7, 11) is -4.08. The second kappa shape index (κ2) is 11.5. The quantitative estimate of drug-likeness (QED) is 0.305. The Kier molecular flexibility index (Phi) is 8.77. The van der Waals surface area contributed by atoms with Gasteiger partial charge >= 0.3 is 0 Å². The van der Waals surface area contributed by atoms with Crippen LogP contribution in [0.25, 0.3) is 0 Å². The summed E-state index contributed by atoms with van der Waals surface area (Å²) >= 11 is 7.37. The van der Waals surface area contributed by atoms with Crippen molar-refractivity contribution in [2.24, 2.45) is 0 Å². The number of sulfonamides is 1. The standard InChI is InChI=1S/C24H24ClFN2O3S2/c1-32-22-11-13-23(14-12-22)33(30,31)28(21-6-2-5-20(26)16-21)17-24(29)27-15-3-4-18-7-9-19(25)10-8-18/h2,5-14,16H,3-4,15,17H2,1H3,(H,27,29). The molecule has 0 saturated heterocycles. The van der Waals surface area contributed by atoms with Gasteiger partial charge in [-0.1, -0.05) is 29.8 Å². The summed E-state index contributed by atoms with van der Waals surface area (Å²) in [6.07, 6.45) is 3.31. The van der Waals surface area contributed by atoms with Crippen LogP contribution in [0.2, 0.25) is 5.02 Å². The second-order valence-electron chi connectivity index (χ2n) is 7.25. The number of aryl methyl sites for hydroxylation is 1. The third-order valence-corrected chi connectivity index (χ3v) is 7.69. The molecule has 174 valence electrons. The van der Waals surface area contributed by atoms with E-state index in [1.807, 2.05) is 30.5 Å². The van der Waals surface area contributed by atoms with E-state index in [-0.39, 0.29) is 10.6 Å². The monoisotopic (exact) mass is 506 g/mol. The van der Waals surface area contributed by atoms with E-state index in [4.69, 9.17) is 11.6 Å². The molecule has 0 saturated carbocycles. The Labute approximate surface area is 203 Å². The number of hydrogen-bond donors (Lipinski definition) is 1. The van der Waals surface area contributed by atoms with Crippen molar-refractivity contribution in [3.8, 4) is 0 Å². The molecule has 0 aromatic heterocycles. The first-order chi connectivity index (χ1) is 15.8. The van der Waals surface area contributed by atoms with Gasteiger partial charge in [-0.3, -0.25) is 9.10 Å². The molecule has 9 heteroatoms. The van der Waals surface area contributed by atoms with Gasteiger partial charge in [-0.05, 0) is 79.3 Å². The number of amides is 1. The Morgan fingerprint density at radius 2 is 1.76 bits per heavy atom. The van der Waals surface area contributed by atoms with Crippen LogP contribution in [0, 0.1) is 5.82 Å². The molecule has 0 aliphatic carbocycles. The maximum Gasteiger partial charge on any atom is 0.264 e. The van der Waals surface area contributed by atoms with Gasteiger partial charge in [-0.2, -0.15) is 0 Å². The number of hydrogen-bond acceptors (Lipinski definition) is 4. The van der Waals surface area contributed by atoms with Crippen LogP contribution in [0.15, 0.2) is 82.6 Å². The molecule has 0 fully saturated rings. The molecular weight excluding hydrogens is 483 g/mol. The first kappa shape index (κ1) is 25.1. The van der Waals surface area contributed by atoms with E-state index in [1.165, 1.54) is 42.1 Å². The van der Waals surface area contributed by atoms with Crippen LogP contribution < -0.4 is 9.62 Å². The highest BCUT2D eigenvalue weighted by molar-refractivity contribution is 7.98. The van der Waals surface area contributed by atoms with Gasteiger partial charge < -0.3 is 5.32 Å². The Morgan fingerprint density at radius 1 is 1.06 bits per heavy atom. The summed E-state index contributed by atoms with van der Waals surface area (Å²) in [5, 5.41) is 3.41. The first-order valence-corrected chi connectivity index (χ1v) is 13.3. The maximum atomic E-state index is 13.9. The molecule has 1 N–H and O–H groups in total. The number of thioether (sulfide) groups is 1. The van der Waals surface area contributed by atoms with Gasteiger partial charge in [-0.25, -0.2) is 12.8 Å². The van der Waals surface area contributed by atoms with Gasteiger partial charge in [0.25, 0.3) is 10.0 Å². The number of anilines is 1. The van der Waals surface area contributed by atoms with E-state index in [0.717, 1.165) is 27.3 Å². The van der Waals surface area contributed by atoms with Crippen LogP contribution in [-0.4, -0.2) is 33.7 Å². The average molecular weight is 507 g/mol.